The number of aliphatic hydroxyl groups excluding tert-OH is 1. The van der Waals surface area contributed by atoms with Gasteiger partial charge < -0.3 is 42.7 Å². The molecule has 0 aromatic heterocycles. The number of aliphatic carboxylic acids is 1. The van der Waals surface area contributed by atoms with Crippen LogP contribution >= 0.6 is 0 Å². The van der Waals surface area contributed by atoms with Crippen LogP contribution in [0.25, 0.3) is 0 Å². The van der Waals surface area contributed by atoms with Crippen LogP contribution in [-0.4, -0.2) is 75.7 Å². The minimum Gasteiger partial charge on any atom is -0.508 e. The summed E-state index contributed by atoms with van der Waals surface area (Å²) < 4.78 is 0. The number of carboxylic acids is 1. The van der Waals surface area contributed by atoms with E-state index in [2.05, 4.69) is 16.0 Å². The number of carbonyl (C=O) groups is 5. The summed E-state index contributed by atoms with van der Waals surface area (Å²) in [5.74, 6) is -4.49. The summed E-state index contributed by atoms with van der Waals surface area (Å²) in [6.07, 6.45) is -0.213. The van der Waals surface area contributed by atoms with E-state index >= 15 is 0 Å². The average molecular weight is 510 g/mol. The van der Waals surface area contributed by atoms with Gasteiger partial charge in [0.05, 0.1) is 12.6 Å². The molecule has 4 amide bonds. The quantitative estimate of drug-likeness (QED) is 0.132. The van der Waals surface area contributed by atoms with Gasteiger partial charge in [-0.1, -0.05) is 26.0 Å². The Labute approximate surface area is 208 Å². The van der Waals surface area contributed by atoms with Gasteiger partial charge in [-0.3, -0.25) is 19.2 Å². The molecule has 13 nitrogen and oxygen atoms in total. The molecule has 1 aromatic carbocycles. The number of hydrogen-bond acceptors (Lipinski definition) is 8. The van der Waals surface area contributed by atoms with Gasteiger partial charge in [0.15, 0.2) is 0 Å². The first kappa shape index (κ1) is 30.3. The largest absolute Gasteiger partial charge is 0.508 e. The summed E-state index contributed by atoms with van der Waals surface area (Å²) in [4.78, 5) is 60.7. The van der Waals surface area contributed by atoms with Crippen molar-refractivity contribution >= 4 is 29.6 Å². The molecule has 0 bridgehead atoms. The number of nitrogens with one attached hydrogen (secondary N) is 3. The Hall–Kier alpha value is -3.71. The van der Waals surface area contributed by atoms with E-state index in [0.29, 0.717) is 12.0 Å². The van der Waals surface area contributed by atoms with Crippen LogP contribution in [0, 0.1) is 5.92 Å². The lowest BCUT2D eigenvalue weighted by Gasteiger charge is -2.24. The van der Waals surface area contributed by atoms with E-state index in [9.17, 15) is 39.3 Å². The Morgan fingerprint density at radius 2 is 1.42 bits per heavy atom. The molecule has 13 heteroatoms. The van der Waals surface area contributed by atoms with Crippen LogP contribution in [0.5, 0.6) is 5.75 Å². The third-order valence-electron chi connectivity index (χ3n) is 5.18. The number of nitrogens with two attached hydrogens (primary N) is 2. The minimum atomic E-state index is -1.54. The van der Waals surface area contributed by atoms with Crippen LogP contribution in [0.3, 0.4) is 0 Å². The Morgan fingerprint density at radius 1 is 0.889 bits per heavy atom. The second-order valence-corrected chi connectivity index (χ2v) is 8.82. The van der Waals surface area contributed by atoms with Gasteiger partial charge in [0.1, 0.15) is 23.9 Å². The molecule has 0 aliphatic carbocycles. The molecule has 0 spiro atoms. The summed E-state index contributed by atoms with van der Waals surface area (Å²) in [6, 6.07) is 0.557. The highest BCUT2D eigenvalue weighted by atomic mass is 16.4. The number of phenolic OH excluding ortho intramolecular Hbond substituents is 1. The van der Waals surface area contributed by atoms with E-state index in [1.807, 2.05) is 13.8 Å². The number of aliphatic hydroxyl groups is 1. The summed E-state index contributed by atoms with van der Waals surface area (Å²) in [6.45, 7) is 2.86. The smallest absolute Gasteiger partial charge is 0.326 e. The highest BCUT2D eigenvalue weighted by Crippen LogP contribution is 2.12. The summed E-state index contributed by atoms with van der Waals surface area (Å²) >= 11 is 0. The molecule has 36 heavy (non-hydrogen) atoms. The summed E-state index contributed by atoms with van der Waals surface area (Å²) in [5.41, 5.74) is 11.5. The maximum Gasteiger partial charge on any atom is 0.326 e. The fraction of sp³-hybridized carbons (Fsp3) is 0.522. The topological polar surface area (TPSA) is 234 Å². The molecule has 4 atom stereocenters. The van der Waals surface area contributed by atoms with Crippen molar-refractivity contribution in [3.05, 3.63) is 29.8 Å². The first-order valence-corrected chi connectivity index (χ1v) is 11.4. The molecule has 1 aromatic rings. The number of rotatable bonds is 15. The predicted molar refractivity (Wildman–Crippen MR) is 128 cm³/mol. The van der Waals surface area contributed by atoms with Crippen LogP contribution in [-0.2, 0) is 30.4 Å². The third-order valence-corrected chi connectivity index (χ3v) is 5.18. The predicted octanol–water partition coefficient (Wildman–Crippen LogP) is -1.90. The van der Waals surface area contributed by atoms with E-state index in [1.165, 1.54) is 24.3 Å². The monoisotopic (exact) mass is 509 g/mol. The third kappa shape index (κ3) is 10.7. The molecule has 0 saturated carbocycles. The molecule has 200 valence electrons. The number of amides is 4. The highest BCUT2D eigenvalue weighted by molar-refractivity contribution is 5.94. The van der Waals surface area contributed by atoms with Gasteiger partial charge in [0, 0.05) is 12.8 Å². The molecule has 1 rings (SSSR count). The van der Waals surface area contributed by atoms with E-state index in [0.717, 1.165) is 0 Å². The zero-order valence-electron chi connectivity index (χ0n) is 20.3. The number of phenols is 1. The minimum absolute atomic E-state index is 0.0131. The Kier molecular flexibility index (Phi) is 12.3. The van der Waals surface area contributed by atoms with Gasteiger partial charge in [0.25, 0.3) is 0 Å². The first-order valence-electron chi connectivity index (χ1n) is 11.4. The number of aromatic hydroxyl groups is 1. The van der Waals surface area contributed by atoms with Crippen LogP contribution in [0.1, 0.15) is 38.7 Å². The lowest BCUT2D eigenvalue weighted by atomic mass is 10.0. The van der Waals surface area contributed by atoms with Gasteiger partial charge >= 0.3 is 5.97 Å². The van der Waals surface area contributed by atoms with Crippen LogP contribution in [0.15, 0.2) is 24.3 Å². The van der Waals surface area contributed by atoms with Crippen molar-refractivity contribution < 1.29 is 39.3 Å². The molecular weight excluding hydrogens is 474 g/mol. The molecule has 4 unspecified atom stereocenters. The van der Waals surface area contributed by atoms with Crippen LogP contribution in [0.2, 0.25) is 0 Å². The zero-order valence-corrected chi connectivity index (χ0v) is 20.3. The van der Waals surface area contributed by atoms with Gasteiger partial charge in [-0.2, -0.15) is 0 Å². The number of hydrogen-bond donors (Lipinski definition) is 8. The maximum absolute atomic E-state index is 12.8. The number of benzene rings is 1. The van der Waals surface area contributed by atoms with Crippen molar-refractivity contribution in [2.45, 2.75) is 63.7 Å². The summed E-state index contributed by atoms with van der Waals surface area (Å²) in [7, 11) is 0. The molecule has 10 N–H and O–H groups in total. The van der Waals surface area contributed by atoms with Crippen molar-refractivity contribution in [2.24, 2.45) is 17.4 Å². The van der Waals surface area contributed by atoms with E-state index in [4.69, 9.17) is 11.5 Å². The van der Waals surface area contributed by atoms with Crippen LogP contribution in [0.4, 0.5) is 0 Å². The van der Waals surface area contributed by atoms with Crippen molar-refractivity contribution in [3.63, 3.8) is 0 Å². The maximum atomic E-state index is 12.8. The Balaban J connectivity index is 2.90. The van der Waals surface area contributed by atoms with Gasteiger partial charge in [-0.05, 0) is 36.5 Å². The zero-order chi connectivity index (χ0) is 27.4. The van der Waals surface area contributed by atoms with Crippen molar-refractivity contribution in [1.29, 1.82) is 0 Å². The highest BCUT2D eigenvalue weighted by Gasteiger charge is 2.30. The molecule has 0 radical (unpaired) electrons. The fourth-order valence-corrected chi connectivity index (χ4v) is 3.26. The van der Waals surface area contributed by atoms with Crippen molar-refractivity contribution in [1.82, 2.24) is 16.0 Å². The molecule has 0 aliphatic heterocycles. The van der Waals surface area contributed by atoms with E-state index in [1.54, 1.807) is 0 Å². The molecule has 0 saturated heterocycles. The Bertz CT molecular complexity index is 922. The number of carboxylic acid groups (broad SMARTS) is 1. The fourth-order valence-electron chi connectivity index (χ4n) is 3.26. The molecule has 0 fully saturated rings. The standard InChI is InChI=1S/C23H35N5O8/c1-12(2)9-15(24)20(32)26-16(7-8-19(25)31)21(33)28-18(11-29)22(34)27-17(23(35)36)10-13-3-5-14(30)6-4-13/h3-6,12,15-18,29-30H,7-11,24H2,1-2H3,(H2,25,31)(H,26,32)(H,27,34)(H,28,33)(H,35,36). The van der Waals surface area contributed by atoms with Gasteiger partial charge in [-0.15, -0.1) is 0 Å². The molecule has 0 aliphatic rings. The van der Waals surface area contributed by atoms with Gasteiger partial charge in [-0.25, -0.2) is 4.79 Å². The summed E-state index contributed by atoms with van der Waals surface area (Å²) in [5, 5.41) is 35.4. The molecule has 0 heterocycles. The Morgan fingerprint density at radius 3 is 1.92 bits per heavy atom. The normalized spacial score (nSPS) is 14.2. The lowest BCUT2D eigenvalue weighted by Crippen LogP contribution is -2.58. The lowest BCUT2D eigenvalue weighted by molar-refractivity contribution is -0.142. The second kappa shape index (κ2) is 14.6. The number of carbonyl (C=O) groups excluding carboxylic acids is 4. The second-order valence-electron chi connectivity index (χ2n) is 8.82. The first-order chi connectivity index (χ1) is 16.8. The average Bonchev–Trinajstić information content (AvgIpc) is 2.79. The molecular formula is C23H35N5O8. The van der Waals surface area contributed by atoms with Crippen molar-refractivity contribution in [3.8, 4) is 5.75 Å². The van der Waals surface area contributed by atoms with Crippen LogP contribution < -0.4 is 27.4 Å². The van der Waals surface area contributed by atoms with E-state index in [-0.39, 0.29) is 30.9 Å². The SMILES string of the molecule is CC(C)CC(N)C(=O)NC(CCC(N)=O)C(=O)NC(CO)C(=O)NC(Cc1ccc(O)cc1)C(=O)O. The van der Waals surface area contributed by atoms with Crippen molar-refractivity contribution in [2.75, 3.05) is 6.61 Å². The van der Waals surface area contributed by atoms with E-state index < -0.39 is 60.4 Å². The van der Waals surface area contributed by atoms with Gasteiger partial charge in [0.2, 0.25) is 23.6 Å². The number of primary amides is 1.